The van der Waals surface area contributed by atoms with Gasteiger partial charge in [0.25, 0.3) is 0 Å². The van der Waals surface area contributed by atoms with Gasteiger partial charge in [-0.15, -0.1) is 0 Å². The van der Waals surface area contributed by atoms with Gasteiger partial charge in [-0.1, -0.05) is 12.1 Å². The number of sulfonamides is 1. The fraction of sp³-hybridized carbons (Fsp3) is 0.0435. The van der Waals surface area contributed by atoms with Gasteiger partial charge in [0.15, 0.2) is 5.43 Å². The predicted octanol–water partition coefficient (Wildman–Crippen LogP) is 3.52. The molecule has 1 amide bonds. The maximum Gasteiger partial charge on any atom is 0.248 e. The first-order valence-corrected chi connectivity index (χ1v) is 11.0. The topological polar surface area (TPSA) is 119 Å². The highest BCUT2D eigenvalue weighted by molar-refractivity contribution is 7.89. The van der Waals surface area contributed by atoms with Gasteiger partial charge in [-0.05, 0) is 54.6 Å². The molecule has 0 aliphatic rings. The molecule has 0 saturated heterocycles. The summed E-state index contributed by atoms with van der Waals surface area (Å²) in [5, 5.41) is 3.04. The molecule has 2 N–H and O–H groups in total. The van der Waals surface area contributed by atoms with Crippen LogP contribution in [0.5, 0.6) is 0 Å². The van der Waals surface area contributed by atoms with E-state index >= 15 is 0 Å². The molecule has 4 rings (SSSR count). The number of amides is 1. The first-order valence-electron chi connectivity index (χ1n) is 9.54. The van der Waals surface area contributed by atoms with Crippen LogP contribution in [-0.4, -0.2) is 14.3 Å². The van der Waals surface area contributed by atoms with Crippen LogP contribution in [0.3, 0.4) is 0 Å². The second-order valence-electron chi connectivity index (χ2n) is 6.77. The van der Waals surface area contributed by atoms with E-state index in [-0.39, 0.29) is 22.4 Å². The van der Waals surface area contributed by atoms with Crippen LogP contribution < -0.4 is 15.5 Å². The predicted molar refractivity (Wildman–Crippen MR) is 119 cm³/mol. The lowest BCUT2D eigenvalue weighted by Gasteiger charge is -2.07. The first-order chi connectivity index (χ1) is 15.4. The molecule has 9 heteroatoms. The van der Waals surface area contributed by atoms with Gasteiger partial charge >= 0.3 is 0 Å². The SMILES string of the molecule is O=C(/C=C/c1coc2ccccc2c1=O)Nc1ccc(S(=O)(=O)NCc2ccco2)cc1. The van der Waals surface area contributed by atoms with E-state index in [1.54, 1.807) is 36.4 Å². The Morgan fingerprint density at radius 1 is 0.969 bits per heavy atom. The third-order valence-corrected chi connectivity index (χ3v) is 5.99. The fourth-order valence-electron chi connectivity index (χ4n) is 2.94. The minimum atomic E-state index is -3.73. The number of anilines is 1. The molecule has 0 unspecified atom stereocenters. The quantitative estimate of drug-likeness (QED) is 0.416. The molecule has 0 fully saturated rings. The van der Waals surface area contributed by atoms with Gasteiger partial charge in [0.2, 0.25) is 15.9 Å². The Bertz CT molecular complexity index is 1440. The van der Waals surface area contributed by atoms with Crippen molar-refractivity contribution in [2.75, 3.05) is 5.32 Å². The summed E-state index contributed by atoms with van der Waals surface area (Å²) in [5.41, 5.74) is 0.860. The molecule has 32 heavy (non-hydrogen) atoms. The number of nitrogens with one attached hydrogen (secondary N) is 2. The molecule has 0 aliphatic heterocycles. The standard InChI is InChI=1S/C23H18N2O6S/c26-22(12-7-16-15-31-21-6-2-1-5-20(21)23(16)27)25-17-8-10-19(11-9-17)32(28,29)24-14-18-4-3-13-30-18/h1-13,15,24H,14H2,(H,25,26)/b12-7+. The van der Waals surface area contributed by atoms with Gasteiger partial charge in [-0.25, -0.2) is 13.1 Å². The summed E-state index contributed by atoms with van der Waals surface area (Å²) in [5.74, 6) is 0.00815. The molecular formula is C23H18N2O6S. The maximum absolute atomic E-state index is 12.4. The number of carbonyl (C=O) groups excluding carboxylic acids is 1. The van der Waals surface area contributed by atoms with E-state index in [1.807, 2.05) is 0 Å². The monoisotopic (exact) mass is 450 g/mol. The van der Waals surface area contributed by atoms with E-state index in [1.165, 1.54) is 48.9 Å². The van der Waals surface area contributed by atoms with Gasteiger partial charge in [0.05, 0.1) is 28.7 Å². The van der Waals surface area contributed by atoms with Crippen LogP contribution in [0, 0.1) is 0 Å². The number of para-hydroxylation sites is 1. The van der Waals surface area contributed by atoms with Crippen molar-refractivity contribution in [3.63, 3.8) is 0 Å². The Kier molecular flexibility index (Phi) is 6.02. The minimum absolute atomic E-state index is 0.0291. The van der Waals surface area contributed by atoms with Crippen LogP contribution in [0.1, 0.15) is 11.3 Å². The van der Waals surface area contributed by atoms with Crippen molar-refractivity contribution in [3.05, 3.63) is 101 Å². The zero-order chi connectivity index (χ0) is 22.6. The lowest BCUT2D eigenvalue weighted by atomic mass is 10.1. The van der Waals surface area contributed by atoms with Gasteiger partial charge in [-0.3, -0.25) is 9.59 Å². The molecule has 0 bridgehead atoms. The van der Waals surface area contributed by atoms with Crippen molar-refractivity contribution in [2.45, 2.75) is 11.4 Å². The molecule has 4 aromatic rings. The van der Waals surface area contributed by atoms with Crippen LogP contribution in [0.25, 0.3) is 17.0 Å². The highest BCUT2D eigenvalue weighted by atomic mass is 32.2. The van der Waals surface area contributed by atoms with Crippen LogP contribution in [0.2, 0.25) is 0 Å². The molecule has 0 aliphatic carbocycles. The van der Waals surface area contributed by atoms with Gasteiger partial charge in [-0.2, -0.15) is 0 Å². The molecule has 0 radical (unpaired) electrons. The van der Waals surface area contributed by atoms with Crippen LogP contribution in [0.15, 0.2) is 97.8 Å². The Labute approximate surface area is 183 Å². The third kappa shape index (κ3) is 4.85. The molecule has 0 saturated carbocycles. The van der Waals surface area contributed by atoms with Crippen LogP contribution in [-0.2, 0) is 21.4 Å². The Morgan fingerprint density at radius 2 is 1.75 bits per heavy atom. The molecule has 2 aromatic heterocycles. The second kappa shape index (κ2) is 9.04. The highest BCUT2D eigenvalue weighted by Crippen LogP contribution is 2.15. The van der Waals surface area contributed by atoms with E-state index in [4.69, 9.17) is 8.83 Å². The van der Waals surface area contributed by atoms with Gasteiger partial charge < -0.3 is 14.2 Å². The van der Waals surface area contributed by atoms with E-state index in [0.29, 0.717) is 22.4 Å². The zero-order valence-electron chi connectivity index (χ0n) is 16.6. The number of hydrogen-bond acceptors (Lipinski definition) is 6. The third-order valence-electron chi connectivity index (χ3n) is 4.57. The van der Waals surface area contributed by atoms with Gasteiger partial charge in [0.1, 0.15) is 17.6 Å². The number of carbonyl (C=O) groups is 1. The molecular weight excluding hydrogens is 432 g/mol. The second-order valence-corrected chi connectivity index (χ2v) is 8.53. The molecule has 0 spiro atoms. The number of fused-ring (bicyclic) bond motifs is 1. The van der Waals surface area contributed by atoms with Gasteiger partial charge in [0, 0.05) is 11.8 Å². The summed E-state index contributed by atoms with van der Waals surface area (Å²) in [4.78, 5) is 24.7. The van der Waals surface area contributed by atoms with Crippen molar-refractivity contribution in [1.29, 1.82) is 0 Å². The highest BCUT2D eigenvalue weighted by Gasteiger charge is 2.14. The Hall–Kier alpha value is -3.95. The molecule has 2 heterocycles. The average Bonchev–Trinajstić information content (AvgIpc) is 3.32. The molecule has 0 atom stereocenters. The van der Waals surface area contributed by atoms with Crippen molar-refractivity contribution >= 4 is 38.7 Å². The van der Waals surface area contributed by atoms with Crippen LogP contribution in [0.4, 0.5) is 5.69 Å². The van der Waals surface area contributed by atoms with E-state index in [2.05, 4.69) is 10.0 Å². The summed E-state index contributed by atoms with van der Waals surface area (Å²) in [6.45, 7) is 0.0291. The summed E-state index contributed by atoms with van der Waals surface area (Å²) in [6, 6.07) is 15.9. The minimum Gasteiger partial charge on any atom is -0.468 e. The van der Waals surface area contributed by atoms with Crippen LogP contribution >= 0.6 is 0 Å². The number of hydrogen-bond donors (Lipinski definition) is 2. The summed E-state index contributed by atoms with van der Waals surface area (Å²) < 4.78 is 37.7. The van der Waals surface area contributed by atoms with Crippen molar-refractivity contribution in [3.8, 4) is 0 Å². The van der Waals surface area contributed by atoms with E-state index in [0.717, 1.165) is 0 Å². The number of rotatable bonds is 7. The first kappa shape index (κ1) is 21.3. The van der Waals surface area contributed by atoms with Crippen molar-refractivity contribution in [1.82, 2.24) is 4.72 Å². The van der Waals surface area contributed by atoms with E-state index < -0.39 is 15.9 Å². The normalized spacial score (nSPS) is 11.8. The lowest BCUT2D eigenvalue weighted by molar-refractivity contribution is -0.111. The number of benzene rings is 2. The largest absolute Gasteiger partial charge is 0.468 e. The number of furan rings is 1. The molecule has 162 valence electrons. The Balaban J connectivity index is 1.40. The van der Waals surface area contributed by atoms with E-state index in [9.17, 15) is 18.0 Å². The van der Waals surface area contributed by atoms with Crippen molar-refractivity contribution < 1.29 is 22.0 Å². The summed E-state index contributed by atoms with van der Waals surface area (Å²) in [6.07, 6.45) is 5.33. The lowest BCUT2D eigenvalue weighted by Crippen LogP contribution is -2.23. The maximum atomic E-state index is 12.4. The smallest absolute Gasteiger partial charge is 0.248 e. The molecule has 8 nitrogen and oxygen atoms in total. The zero-order valence-corrected chi connectivity index (χ0v) is 17.5. The average molecular weight is 450 g/mol. The van der Waals surface area contributed by atoms with Crippen molar-refractivity contribution in [2.24, 2.45) is 0 Å². The summed E-state index contributed by atoms with van der Waals surface area (Å²) in [7, 11) is -3.73. The Morgan fingerprint density at radius 3 is 2.50 bits per heavy atom. The fourth-order valence-corrected chi connectivity index (χ4v) is 3.93. The summed E-state index contributed by atoms with van der Waals surface area (Å²) >= 11 is 0. The molecule has 2 aromatic carbocycles.